The van der Waals surface area contributed by atoms with E-state index in [4.69, 9.17) is 4.74 Å². The van der Waals surface area contributed by atoms with Crippen LogP contribution in [0.15, 0.2) is 83.8 Å². The van der Waals surface area contributed by atoms with E-state index < -0.39 is 28.5 Å². The Balaban J connectivity index is 2.04. The van der Waals surface area contributed by atoms with Crippen molar-refractivity contribution >= 4 is 27.5 Å². The monoisotopic (exact) mass is 551 g/mol. The molecule has 3 aromatic rings. The molecule has 0 unspecified atom stereocenters. The third-order valence-electron chi connectivity index (χ3n) is 6.35. The van der Waals surface area contributed by atoms with Crippen molar-refractivity contribution in [1.29, 1.82) is 0 Å². The van der Waals surface area contributed by atoms with E-state index in [1.807, 2.05) is 32.9 Å². The lowest BCUT2D eigenvalue weighted by Gasteiger charge is -2.33. The molecule has 0 aliphatic rings. The van der Waals surface area contributed by atoms with Gasteiger partial charge in [0.05, 0.1) is 17.7 Å². The molecule has 0 aliphatic heterocycles. The summed E-state index contributed by atoms with van der Waals surface area (Å²) in [5.74, 6) is -0.142. The lowest BCUT2D eigenvalue weighted by Crippen LogP contribution is -2.52. The predicted octanol–water partition coefficient (Wildman–Crippen LogP) is 4.53. The molecular weight excluding hydrogens is 514 g/mol. The van der Waals surface area contributed by atoms with Gasteiger partial charge in [0.1, 0.15) is 18.3 Å². The first kappa shape index (κ1) is 29.7. The van der Waals surface area contributed by atoms with E-state index in [1.165, 1.54) is 17.0 Å². The van der Waals surface area contributed by atoms with Crippen molar-refractivity contribution in [2.45, 2.75) is 51.1 Å². The molecule has 1 N–H and O–H groups in total. The SMILES string of the molecule is CCCNC(=O)[C@@H](CC)N(Cc1cccc(OC)c1)C(=O)CN(c1ccc(C)cc1)S(=O)(=O)c1ccccc1. The number of anilines is 1. The molecule has 39 heavy (non-hydrogen) atoms. The molecule has 8 nitrogen and oxygen atoms in total. The Hall–Kier alpha value is -3.85. The molecule has 3 rings (SSSR count). The number of nitrogens with one attached hydrogen (secondary N) is 1. The summed E-state index contributed by atoms with van der Waals surface area (Å²) in [5, 5.41) is 2.88. The number of sulfonamides is 1. The van der Waals surface area contributed by atoms with Crippen LogP contribution in [0.2, 0.25) is 0 Å². The molecule has 9 heteroatoms. The molecule has 1 atom stereocenters. The highest BCUT2D eigenvalue weighted by Crippen LogP contribution is 2.25. The van der Waals surface area contributed by atoms with Crippen molar-refractivity contribution in [2.75, 3.05) is 24.5 Å². The number of rotatable bonds is 13. The Morgan fingerprint density at radius 2 is 1.64 bits per heavy atom. The molecule has 0 aromatic heterocycles. The van der Waals surface area contributed by atoms with Gasteiger partial charge in [-0.25, -0.2) is 8.42 Å². The lowest BCUT2D eigenvalue weighted by molar-refractivity contribution is -0.140. The maximum absolute atomic E-state index is 14.0. The van der Waals surface area contributed by atoms with Crippen LogP contribution < -0.4 is 14.4 Å². The number of carbonyl (C=O) groups is 2. The van der Waals surface area contributed by atoms with E-state index in [-0.39, 0.29) is 17.3 Å². The van der Waals surface area contributed by atoms with Crippen molar-refractivity contribution < 1.29 is 22.7 Å². The number of hydrogen-bond acceptors (Lipinski definition) is 5. The number of amides is 2. The number of aryl methyl sites for hydroxylation is 1. The van der Waals surface area contributed by atoms with Crippen molar-refractivity contribution in [3.8, 4) is 5.75 Å². The summed E-state index contributed by atoms with van der Waals surface area (Å²) >= 11 is 0. The normalized spacial score (nSPS) is 11.9. The second kappa shape index (κ2) is 13.8. The fourth-order valence-electron chi connectivity index (χ4n) is 4.21. The molecule has 3 aromatic carbocycles. The number of benzene rings is 3. The molecule has 0 heterocycles. The standard InChI is InChI=1S/C30H37N3O5S/c1-5-19-31-30(35)28(6-2)32(21-24-11-10-12-26(20-24)38-4)29(34)22-33(25-17-15-23(3)16-18-25)39(36,37)27-13-8-7-9-14-27/h7-18,20,28H,5-6,19,21-22H2,1-4H3,(H,31,35)/t28-/m1/s1. The number of methoxy groups -OCH3 is 1. The number of hydrogen-bond donors (Lipinski definition) is 1. The zero-order valence-electron chi connectivity index (χ0n) is 23.0. The highest BCUT2D eigenvalue weighted by atomic mass is 32.2. The second-order valence-electron chi connectivity index (χ2n) is 9.25. The summed E-state index contributed by atoms with van der Waals surface area (Å²) < 4.78 is 34.0. The fourth-order valence-corrected chi connectivity index (χ4v) is 5.65. The summed E-state index contributed by atoms with van der Waals surface area (Å²) in [5.41, 5.74) is 2.08. The van der Waals surface area contributed by atoms with Gasteiger partial charge >= 0.3 is 0 Å². The van der Waals surface area contributed by atoms with E-state index >= 15 is 0 Å². The van der Waals surface area contributed by atoms with Gasteiger partial charge in [0.2, 0.25) is 11.8 Å². The van der Waals surface area contributed by atoms with Crippen LogP contribution in [-0.2, 0) is 26.2 Å². The highest BCUT2D eigenvalue weighted by molar-refractivity contribution is 7.92. The molecule has 0 fully saturated rings. The van der Waals surface area contributed by atoms with Gasteiger partial charge in [0.15, 0.2) is 0 Å². The minimum Gasteiger partial charge on any atom is -0.497 e. The van der Waals surface area contributed by atoms with Gasteiger partial charge in [0, 0.05) is 13.1 Å². The summed E-state index contributed by atoms with van der Waals surface area (Å²) in [4.78, 5) is 28.7. The molecule has 0 bridgehead atoms. The molecule has 208 valence electrons. The van der Waals surface area contributed by atoms with Gasteiger partial charge in [-0.2, -0.15) is 0 Å². The first-order valence-electron chi connectivity index (χ1n) is 13.1. The van der Waals surface area contributed by atoms with Crippen molar-refractivity contribution in [3.63, 3.8) is 0 Å². The van der Waals surface area contributed by atoms with Crippen LogP contribution in [0.3, 0.4) is 0 Å². The van der Waals surface area contributed by atoms with E-state index in [0.29, 0.717) is 24.4 Å². The maximum Gasteiger partial charge on any atom is 0.264 e. The Bertz CT molecular complexity index is 1340. The van der Waals surface area contributed by atoms with Crippen LogP contribution in [-0.4, -0.2) is 51.4 Å². The van der Waals surface area contributed by atoms with Crippen LogP contribution in [0.5, 0.6) is 5.75 Å². The van der Waals surface area contributed by atoms with Crippen LogP contribution in [0.25, 0.3) is 0 Å². The van der Waals surface area contributed by atoms with Gasteiger partial charge in [0.25, 0.3) is 10.0 Å². The third kappa shape index (κ3) is 7.60. The average Bonchev–Trinajstić information content (AvgIpc) is 2.95. The van der Waals surface area contributed by atoms with Crippen LogP contribution in [0, 0.1) is 6.92 Å². The van der Waals surface area contributed by atoms with Crippen LogP contribution in [0.4, 0.5) is 5.69 Å². The lowest BCUT2D eigenvalue weighted by atomic mass is 10.1. The summed E-state index contributed by atoms with van der Waals surface area (Å²) in [6.45, 7) is 5.81. The van der Waals surface area contributed by atoms with E-state index in [1.54, 1.807) is 61.7 Å². The van der Waals surface area contributed by atoms with Gasteiger partial charge in [-0.1, -0.05) is 61.9 Å². The average molecular weight is 552 g/mol. The summed E-state index contributed by atoms with van der Waals surface area (Å²) in [6, 6.07) is 21.5. The minimum absolute atomic E-state index is 0.0745. The van der Waals surface area contributed by atoms with Crippen molar-refractivity contribution in [3.05, 3.63) is 90.0 Å². The van der Waals surface area contributed by atoms with Crippen molar-refractivity contribution in [2.24, 2.45) is 0 Å². The Kier molecular flexibility index (Phi) is 10.5. The molecule has 0 saturated carbocycles. The third-order valence-corrected chi connectivity index (χ3v) is 8.14. The smallest absolute Gasteiger partial charge is 0.264 e. The first-order chi connectivity index (χ1) is 18.7. The zero-order chi connectivity index (χ0) is 28.4. The van der Waals surface area contributed by atoms with Crippen molar-refractivity contribution in [1.82, 2.24) is 10.2 Å². The van der Waals surface area contributed by atoms with Gasteiger partial charge in [-0.05, 0) is 61.7 Å². The molecule has 2 amide bonds. The molecule has 0 radical (unpaired) electrons. The molecule has 0 aliphatic carbocycles. The van der Waals surface area contributed by atoms with E-state index in [0.717, 1.165) is 21.9 Å². The molecule has 0 saturated heterocycles. The Morgan fingerprint density at radius 1 is 0.949 bits per heavy atom. The zero-order valence-corrected chi connectivity index (χ0v) is 23.8. The number of nitrogens with zero attached hydrogens (tertiary/aromatic N) is 2. The highest BCUT2D eigenvalue weighted by Gasteiger charge is 2.33. The quantitative estimate of drug-likeness (QED) is 0.337. The van der Waals surface area contributed by atoms with Gasteiger partial charge in [-0.15, -0.1) is 0 Å². The minimum atomic E-state index is -4.08. The topological polar surface area (TPSA) is 96.0 Å². The Labute approximate surface area is 231 Å². The predicted molar refractivity (Wildman–Crippen MR) is 153 cm³/mol. The fraction of sp³-hybridized carbons (Fsp3) is 0.333. The Morgan fingerprint density at radius 3 is 2.26 bits per heavy atom. The summed E-state index contributed by atoms with van der Waals surface area (Å²) in [7, 11) is -2.52. The van der Waals surface area contributed by atoms with Gasteiger partial charge in [-0.3, -0.25) is 13.9 Å². The van der Waals surface area contributed by atoms with E-state index in [2.05, 4.69) is 5.32 Å². The first-order valence-corrected chi connectivity index (χ1v) is 14.5. The molecular formula is C30H37N3O5S. The number of ether oxygens (including phenoxy) is 1. The largest absolute Gasteiger partial charge is 0.497 e. The van der Waals surface area contributed by atoms with Crippen LogP contribution >= 0.6 is 0 Å². The summed E-state index contributed by atoms with van der Waals surface area (Å²) in [6.07, 6.45) is 1.11. The van der Waals surface area contributed by atoms with Crippen LogP contribution in [0.1, 0.15) is 37.8 Å². The molecule has 0 spiro atoms. The van der Waals surface area contributed by atoms with E-state index in [9.17, 15) is 18.0 Å². The number of carbonyl (C=O) groups excluding carboxylic acids is 2. The second-order valence-corrected chi connectivity index (χ2v) is 11.1. The van der Waals surface area contributed by atoms with Gasteiger partial charge < -0.3 is 15.0 Å². The maximum atomic E-state index is 14.0.